The molecule has 0 radical (unpaired) electrons. The largest absolute Gasteiger partial charge is 0.455 e. The summed E-state index contributed by atoms with van der Waals surface area (Å²) in [6.45, 7) is 0. The summed E-state index contributed by atoms with van der Waals surface area (Å²) in [5.41, 5.74) is 7.15. The second-order valence-electron chi connectivity index (χ2n) is 13.5. The second-order valence-corrected chi connectivity index (χ2v) is 13.5. The zero-order valence-corrected chi connectivity index (χ0v) is 29.6. The van der Waals surface area contributed by atoms with Gasteiger partial charge in [0.25, 0.3) is 0 Å². The minimum atomic E-state index is -0.411. The third-order valence-electron chi connectivity index (χ3n) is 10.1. The molecule has 0 saturated carbocycles. The maximum absolute atomic E-state index is 9.43. The van der Waals surface area contributed by atoms with Crippen molar-refractivity contribution in [2.45, 2.75) is 0 Å². The van der Waals surface area contributed by atoms with Gasteiger partial charge < -0.3 is 8.83 Å². The highest BCUT2D eigenvalue weighted by Gasteiger charge is 2.21. The minimum absolute atomic E-state index is 0.000501. The molecule has 0 spiro atoms. The fourth-order valence-electron chi connectivity index (χ4n) is 7.43. The van der Waals surface area contributed by atoms with E-state index in [1.807, 2.05) is 152 Å². The van der Waals surface area contributed by atoms with Crippen LogP contribution in [0.15, 0.2) is 197 Å². The molecule has 0 unspecified atom stereocenters. The van der Waals surface area contributed by atoms with Crippen LogP contribution >= 0.6 is 0 Å². The highest BCUT2D eigenvalue weighted by molar-refractivity contribution is 6.17. The Bertz CT molecular complexity index is 3580. The standard InChI is InChI=1S/C51H31N3O2/c1-4-14-32(15-5-1)33-26-28-36(29-27-33)50-52-49(35-18-8-3-9-19-35)53-51(54-50)41-23-12-22-40-46-38(21-13-25-45(46)56-47(40)41)37-30-42(34-16-6-2-7-17-34)48-43(31-37)39-20-10-11-24-44(39)55-48/h1-31H/i12D,13D,21D,22D,23D,25D. The molecule has 0 amide bonds. The lowest BCUT2D eigenvalue weighted by molar-refractivity contribution is 0.669. The van der Waals surface area contributed by atoms with Gasteiger partial charge in [0, 0.05) is 38.2 Å². The van der Waals surface area contributed by atoms with Crippen molar-refractivity contribution < 1.29 is 17.1 Å². The molecule has 262 valence electrons. The smallest absolute Gasteiger partial charge is 0.167 e. The molecule has 5 nitrogen and oxygen atoms in total. The zero-order valence-electron chi connectivity index (χ0n) is 35.6. The van der Waals surface area contributed by atoms with E-state index in [2.05, 4.69) is 0 Å². The quantitative estimate of drug-likeness (QED) is 0.171. The zero-order chi connectivity index (χ0) is 42.2. The molecule has 8 aromatic carbocycles. The van der Waals surface area contributed by atoms with Crippen molar-refractivity contribution in [2.24, 2.45) is 0 Å². The van der Waals surface area contributed by atoms with Crippen molar-refractivity contribution in [3.63, 3.8) is 0 Å². The van der Waals surface area contributed by atoms with Gasteiger partial charge in [-0.2, -0.15) is 0 Å². The van der Waals surface area contributed by atoms with Crippen molar-refractivity contribution in [3.8, 4) is 67.5 Å². The molecule has 11 aromatic rings. The fourth-order valence-corrected chi connectivity index (χ4v) is 7.43. The molecule has 56 heavy (non-hydrogen) atoms. The number of aromatic nitrogens is 3. The van der Waals surface area contributed by atoms with Crippen LogP contribution in [0.5, 0.6) is 0 Å². The van der Waals surface area contributed by atoms with E-state index in [4.69, 9.17) is 26.5 Å². The molecule has 0 N–H and O–H groups in total. The van der Waals surface area contributed by atoms with E-state index in [0.717, 1.165) is 33.0 Å². The van der Waals surface area contributed by atoms with E-state index in [9.17, 15) is 5.48 Å². The van der Waals surface area contributed by atoms with Crippen LogP contribution in [0.1, 0.15) is 8.22 Å². The Morgan fingerprint density at radius 3 is 1.64 bits per heavy atom. The van der Waals surface area contributed by atoms with Gasteiger partial charge in [0.2, 0.25) is 0 Å². The molecule has 0 fully saturated rings. The summed E-state index contributed by atoms with van der Waals surface area (Å²) < 4.78 is 68.5. The van der Waals surface area contributed by atoms with Gasteiger partial charge in [0.1, 0.15) is 22.3 Å². The van der Waals surface area contributed by atoms with Crippen LogP contribution in [0.25, 0.3) is 111 Å². The van der Waals surface area contributed by atoms with Gasteiger partial charge in [-0.25, -0.2) is 15.0 Å². The predicted octanol–water partition coefficient (Wildman–Crippen LogP) is 13.7. The Morgan fingerprint density at radius 1 is 0.357 bits per heavy atom. The summed E-state index contributed by atoms with van der Waals surface area (Å²) in [7, 11) is 0. The van der Waals surface area contributed by atoms with Gasteiger partial charge in [0.05, 0.1) is 13.8 Å². The molecule has 0 atom stereocenters. The number of nitrogens with zero attached hydrogens (tertiary/aromatic N) is 3. The van der Waals surface area contributed by atoms with Gasteiger partial charge in [-0.1, -0.05) is 158 Å². The first-order valence-corrected chi connectivity index (χ1v) is 18.2. The number of hydrogen-bond donors (Lipinski definition) is 0. The first-order valence-electron chi connectivity index (χ1n) is 21.2. The highest BCUT2D eigenvalue weighted by Crippen LogP contribution is 2.44. The lowest BCUT2D eigenvalue weighted by Gasteiger charge is -2.10. The molecule has 11 rings (SSSR count). The van der Waals surface area contributed by atoms with Crippen LogP contribution in [0.3, 0.4) is 0 Å². The first-order chi connectivity index (χ1) is 30.2. The molecular formula is C51H31N3O2. The number of rotatable bonds is 6. The Hall–Kier alpha value is -7.63. The van der Waals surface area contributed by atoms with Crippen molar-refractivity contribution in [3.05, 3.63) is 188 Å². The van der Waals surface area contributed by atoms with Gasteiger partial charge in [-0.3, -0.25) is 0 Å². The highest BCUT2D eigenvalue weighted by atomic mass is 16.3. The average molecular weight is 724 g/mol. The van der Waals surface area contributed by atoms with Crippen molar-refractivity contribution >= 4 is 43.9 Å². The van der Waals surface area contributed by atoms with Crippen LogP contribution in [-0.2, 0) is 0 Å². The number of para-hydroxylation sites is 2. The predicted molar refractivity (Wildman–Crippen MR) is 227 cm³/mol. The van der Waals surface area contributed by atoms with E-state index < -0.39 is 6.04 Å². The van der Waals surface area contributed by atoms with Crippen molar-refractivity contribution in [1.82, 2.24) is 15.0 Å². The summed E-state index contributed by atoms with van der Waals surface area (Å²) >= 11 is 0. The number of hydrogen-bond acceptors (Lipinski definition) is 5. The third kappa shape index (κ3) is 5.37. The summed E-state index contributed by atoms with van der Waals surface area (Å²) in [5, 5.41) is 1.96. The maximum atomic E-state index is 9.43. The average Bonchev–Trinajstić information content (AvgIpc) is 3.90. The van der Waals surface area contributed by atoms with E-state index in [1.54, 1.807) is 0 Å². The van der Waals surface area contributed by atoms with Crippen LogP contribution in [0, 0.1) is 0 Å². The van der Waals surface area contributed by atoms with Crippen molar-refractivity contribution in [2.75, 3.05) is 0 Å². The molecule has 5 heteroatoms. The van der Waals surface area contributed by atoms with Crippen LogP contribution in [0.4, 0.5) is 0 Å². The Morgan fingerprint density at radius 2 is 0.893 bits per heavy atom. The molecule has 0 aliphatic rings. The van der Waals surface area contributed by atoms with E-state index in [1.165, 1.54) is 0 Å². The topological polar surface area (TPSA) is 65.0 Å². The van der Waals surface area contributed by atoms with E-state index in [0.29, 0.717) is 39.5 Å². The Balaban J connectivity index is 1.20. The molecule has 0 aliphatic carbocycles. The minimum Gasteiger partial charge on any atom is -0.455 e. The molecule has 3 aromatic heterocycles. The summed E-state index contributed by atoms with van der Waals surface area (Å²) in [5.74, 6) is 0.670. The lowest BCUT2D eigenvalue weighted by atomic mass is 9.93. The SMILES string of the molecule is [2H]c1c([2H])c(-c2cc(-c3ccccc3)c3oc4ccccc4c3c2)c2c(oc3c(-c4nc(-c5ccccc5)nc(-c5ccc(-c6ccccc6)cc5)n4)c([2H])c([2H])c([2H])c32)c1[2H]. The van der Waals surface area contributed by atoms with Crippen molar-refractivity contribution in [1.29, 1.82) is 0 Å². The number of fused-ring (bicyclic) bond motifs is 6. The molecule has 3 heterocycles. The molecule has 0 saturated heterocycles. The Kier molecular flexibility index (Phi) is 6.10. The van der Waals surface area contributed by atoms with Gasteiger partial charge in [0.15, 0.2) is 17.5 Å². The summed E-state index contributed by atoms with van der Waals surface area (Å²) in [6.07, 6.45) is 0. The van der Waals surface area contributed by atoms with E-state index >= 15 is 0 Å². The summed E-state index contributed by atoms with van der Waals surface area (Å²) in [6, 6.07) is 46.4. The van der Waals surface area contributed by atoms with E-state index in [-0.39, 0.29) is 69.1 Å². The second kappa shape index (κ2) is 13.0. The molecule has 0 bridgehead atoms. The maximum Gasteiger partial charge on any atom is 0.167 e. The van der Waals surface area contributed by atoms with Gasteiger partial charge >= 0.3 is 0 Å². The van der Waals surface area contributed by atoms with Crippen LogP contribution in [0.2, 0.25) is 0 Å². The number of furan rings is 2. The monoisotopic (exact) mass is 723 g/mol. The lowest BCUT2D eigenvalue weighted by Crippen LogP contribution is -2.00. The first kappa shape index (κ1) is 26.2. The van der Waals surface area contributed by atoms with Crippen LogP contribution < -0.4 is 0 Å². The van der Waals surface area contributed by atoms with Gasteiger partial charge in [-0.15, -0.1) is 0 Å². The van der Waals surface area contributed by atoms with Gasteiger partial charge in [-0.05, 0) is 58.1 Å². The summed E-state index contributed by atoms with van der Waals surface area (Å²) in [4.78, 5) is 14.7. The third-order valence-corrected chi connectivity index (χ3v) is 10.1. The van der Waals surface area contributed by atoms with Crippen LogP contribution in [-0.4, -0.2) is 15.0 Å². The normalized spacial score (nSPS) is 13.1. The molecule has 0 aliphatic heterocycles. The number of benzene rings is 8. The fraction of sp³-hybridized carbons (Fsp3) is 0. The Labute approximate surface area is 330 Å². The molecular weight excluding hydrogens is 687 g/mol.